The van der Waals surface area contributed by atoms with E-state index in [-0.39, 0.29) is 0 Å². The number of halogens is 2. The van der Waals surface area contributed by atoms with Crippen molar-refractivity contribution in [3.63, 3.8) is 0 Å². The number of nitrogen functional groups attached to an aromatic ring is 1. The number of nitrogens with two attached hydrogens (primary N) is 1. The molecule has 0 saturated heterocycles. The van der Waals surface area contributed by atoms with Crippen LogP contribution in [-0.4, -0.2) is 11.4 Å². The molecule has 0 saturated carbocycles. The Bertz CT molecular complexity index is 640. The first kappa shape index (κ1) is 13.1. The summed E-state index contributed by atoms with van der Waals surface area (Å²) in [6.07, 6.45) is 0.929. The second kappa shape index (κ2) is 5.21. The third-order valence-electron chi connectivity index (χ3n) is 3.73. The van der Waals surface area contributed by atoms with Crippen LogP contribution in [0.1, 0.15) is 16.7 Å². The molecule has 0 aliphatic carbocycles. The van der Waals surface area contributed by atoms with Gasteiger partial charge < -0.3 is 5.73 Å². The number of nitrogens with zero attached hydrogens (tertiary/aromatic N) is 1. The van der Waals surface area contributed by atoms with Gasteiger partial charge in [-0.25, -0.2) is 8.78 Å². The summed E-state index contributed by atoms with van der Waals surface area (Å²) in [5.74, 6) is -1.02. The van der Waals surface area contributed by atoms with Crippen LogP contribution in [0.3, 0.4) is 0 Å². The van der Waals surface area contributed by atoms with Gasteiger partial charge in [-0.2, -0.15) is 0 Å². The zero-order valence-electron chi connectivity index (χ0n) is 11.1. The van der Waals surface area contributed by atoms with Crippen molar-refractivity contribution in [3.05, 3.63) is 64.7 Å². The summed E-state index contributed by atoms with van der Waals surface area (Å²) in [7, 11) is 0. The minimum Gasteiger partial charge on any atom is -0.399 e. The van der Waals surface area contributed by atoms with Crippen LogP contribution < -0.4 is 5.73 Å². The second-order valence-corrected chi connectivity index (χ2v) is 5.22. The molecule has 1 aliphatic rings. The molecular weight excluding hydrogens is 258 g/mol. The summed E-state index contributed by atoms with van der Waals surface area (Å²) >= 11 is 0. The lowest BCUT2D eigenvalue weighted by molar-refractivity contribution is 0.242. The zero-order chi connectivity index (χ0) is 14.1. The van der Waals surface area contributed by atoms with E-state index >= 15 is 0 Å². The first-order valence-corrected chi connectivity index (χ1v) is 6.65. The quantitative estimate of drug-likeness (QED) is 0.853. The van der Waals surface area contributed by atoms with Crippen molar-refractivity contribution in [2.45, 2.75) is 19.5 Å². The van der Waals surface area contributed by atoms with Crippen molar-refractivity contribution in [3.8, 4) is 0 Å². The lowest BCUT2D eigenvalue weighted by Crippen LogP contribution is -2.30. The van der Waals surface area contributed by atoms with Crippen LogP contribution in [0, 0.1) is 11.6 Å². The monoisotopic (exact) mass is 274 g/mol. The van der Waals surface area contributed by atoms with E-state index < -0.39 is 11.6 Å². The number of hydrogen-bond acceptors (Lipinski definition) is 2. The molecule has 2 nitrogen and oxygen atoms in total. The summed E-state index contributed by atoms with van der Waals surface area (Å²) < 4.78 is 26.6. The molecule has 3 rings (SSSR count). The van der Waals surface area contributed by atoms with Gasteiger partial charge in [-0.1, -0.05) is 12.1 Å². The maximum atomic E-state index is 13.7. The van der Waals surface area contributed by atoms with E-state index in [1.807, 2.05) is 12.1 Å². The molecule has 20 heavy (non-hydrogen) atoms. The molecule has 104 valence electrons. The standard InChI is InChI=1S/C16H16F2N2/c17-14-3-1-12(16(18)8-14)9-20-6-5-11-2-4-15(19)7-13(11)10-20/h1-4,7-8H,5-6,9-10,19H2. The van der Waals surface area contributed by atoms with Gasteiger partial charge in [-0.3, -0.25) is 4.90 Å². The van der Waals surface area contributed by atoms with Gasteiger partial charge in [0.25, 0.3) is 0 Å². The van der Waals surface area contributed by atoms with Crippen LogP contribution >= 0.6 is 0 Å². The van der Waals surface area contributed by atoms with Gasteiger partial charge in [-0.05, 0) is 35.7 Å². The molecule has 0 atom stereocenters. The first-order valence-electron chi connectivity index (χ1n) is 6.65. The summed E-state index contributed by atoms with van der Waals surface area (Å²) in [5.41, 5.74) is 9.57. The topological polar surface area (TPSA) is 29.3 Å². The van der Waals surface area contributed by atoms with E-state index in [1.165, 1.54) is 23.3 Å². The predicted molar refractivity (Wildman–Crippen MR) is 75.0 cm³/mol. The highest BCUT2D eigenvalue weighted by Crippen LogP contribution is 2.23. The lowest BCUT2D eigenvalue weighted by atomic mass is 9.98. The molecular formula is C16H16F2N2. The lowest BCUT2D eigenvalue weighted by Gasteiger charge is -2.29. The minimum absolute atomic E-state index is 0.483. The normalized spacial score (nSPS) is 15.1. The fourth-order valence-electron chi connectivity index (χ4n) is 2.66. The van der Waals surface area contributed by atoms with Gasteiger partial charge in [-0.15, -0.1) is 0 Å². The van der Waals surface area contributed by atoms with Gasteiger partial charge in [0.15, 0.2) is 0 Å². The maximum Gasteiger partial charge on any atom is 0.130 e. The van der Waals surface area contributed by atoms with E-state index in [0.29, 0.717) is 12.1 Å². The molecule has 0 aromatic heterocycles. The summed E-state index contributed by atoms with van der Waals surface area (Å²) in [4.78, 5) is 2.15. The van der Waals surface area contributed by atoms with Gasteiger partial charge in [0.2, 0.25) is 0 Å². The van der Waals surface area contributed by atoms with Gasteiger partial charge in [0.1, 0.15) is 11.6 Å². The molecule has 1 aliphatic heterocycles. The van der Waals surface area contributed by atoms with Gasteiger partial charge >= 0.3 is 0 Å². The predicted octanol–water partition coefficient (Wildman–Crippen LogP) is 3.11. The minimum atomic E-state index is -0.539. The van der Waals surface area contributed by atoms with Crippen molar-refractivity contribution < 1.29 is 8.78 Å². The van der Waals surface area contributed by atoms with E-state index in [2.05, 4.69) is 11.0 Å². The van der Waals surface area contributed by atoms with Gasteiger partial charge in [0, 0.05) is 37.0 Å². The smallest absolute Gasteiger partial charge is 0.130 e. The third-order valence-corrected chi connectivity index (χ3v) is 3.73. The van der Waals surface area contributed by atoms with E-state index in [0.717, 1.165) is 31.3 Å². The molecule has 0 amide bonds. The molecule has 0 fully saturated rings. The molecule has 0 unspecified atom stereocenters. The fourth-order valence-corrected chi connectivity index (χ4v) is 2.66. The third kappa shape index (κ3) is 2.65. The highest BCUT2D eigenvalue weighted by Gasteiger charge is 2.17. The Labute approximate surface area is 116 Å². The number of rotatable bonds is 2. The molecule has 2 aromatic carbocycles. The van der Waals surface area contributed by atoms with Crippen LogP contribution in [0.5, 0.6) is 0 Å². The largest absolute Gasteiger partial charge is 0.399 e. The Kier molecular flexibility index (Phi) is 3.40. The fraction of sp³-hybridized carbons (Fsp3) is 0.250. The van der Waals surface area contributed by atoms with Gasteiger partial charge in [0.05, 0.1) is 0 Å². The molecule has 4 heteroatoms. The zero-order valence-corrected chi connectivity index (χ0v) is 11.1. The van der Waals surface area contributed by atoms with Crippen molar-refractivity contribution in [2.24, 2.45) is 0 Å². The molecule has 1 heterocycles. The number of fused-ring (bicyclic) bond motifs is 1. The molecule has 0 radical (unpaired) electrons. The van der Waals surface area contributed by atoms with Crippen LogP contribution in [0.15, 0.2) is 36.4 Å². The average molecular weight is 274 g/mol. The summed E-state index contributed by atoms with van der Waals surface area (Å²) in [6.45, 7) is 2.10. The Morgan fingerprint density at radius 3 is 2.70 bits per heavy atom. The average Bonchev–Trinajstić information content (AvgIpc) is 2.41. The van der Waals surface area contributed by atoms with E-state index in [4.69, 9.17) is 5.73 Å². The van der Waals surface area contributed by atoms with Crippen molar-refractivity contribution in [1.82, 2.24) is 4.90 Å². The van der Waals surface area contributed by atoms with Crippen molar-refractivity contribution >= 4 is 5.69 Å². The summed E-state index contributed by atoms with van der Waals surface area (Å²) in [6, 6.07) is 9.69. The Balaban J connectivity index is 1.77. The van der Waals surface area contributed by atoms with Crippen LogP contribution in [-0.2, 0) is 19.5 Å². The number of hydrogen-bond donors (Lipinski definition) is 1. The Morgan fingerprint density at radius 2 is 1.90 bits per heavy atom. The molecule has 0 bridgehead atoms. The molecule has 2 N–H and O–H groups in total. The van der Waals surface area contributed by atoms with E-state index in [1.54, 1.807) is 0 Å². The number of anilines is 1. The molecule has 2 aromatic rings. The first-order chi connectivity index (χ1) is 9.61. The Morgan fingerprint density at radius 1 is 1.05 bits per heavy atom. The van der Waals surface area contributed by atoms with Crippen LogP contribution in [0.2, 0.25) is 0 Å². The second-order valence-electron chi connectivity index (χ2n) is 5.22. The number of benzene rings is 2. The maximum absolute atomic E-state index is 13.7. The van der Waals surface area contributed by atoms with Crippen molar-refractivity contribution in [2.75, 3.05) is 12.3 Å². The SMILES string of the molecule is Nc1ccc2c(c1)CN(Cc1ccc(F)cc1F)CC2. The van der Waals surface area contributed by atoms with Crippen molar-refractivity contribution in [1.29, 1.82) is 0 Å². The van der Waals surface area contributed by atoms with Crippen LogP contribution in [0.25, 0.3) is 0 Å². The van der Waals surface area contributed by atoms with E-state index in [9.17, 15) is 8.78 Å². The molecule has 0 spiro atoms. The van der Waals surface area contributed by atoms with Crippen LogP contribution in [0.4, 0.5) is 14.5 Å². The highest BCUT2D eigenvalue weighted by molar-refractivity contribution is 5.45. The Hall–Kier alpha value is -1.94. The summed E-state index contributed by atoms with van der Waals surface area (Å²) in [5, 5.41) is 0. The highest BCUT2D eigenvalue weighted by atomic mass is 19.1.